The van der Waals surface area contributed by atoms with Gasteiger partial charge in [-0.3, -0.25) is 0 Å². The first kappa shape index (κ1) is 21.1. The van der Waals surface area contributed by atoms with Crippen molar-refractivity contribution in [1.82, 2.24) is 0 Å². The number of halogens is 6. The van der Waals surface area contributed by atoms with Gasteiger partial charge in [0, 0.05) is 12.2 Å². The first-order chi connectivity index (χ1) is 10.7. The van der Waals surface area contributed by atoms with Gasteiger partial charge in [-0.2, -0.15) is 26.3 Å². The average molecular weight is 360 g/mol. The maximum atomic E-state index is 12.0. The summed E-state index contributed by atoms with van der Waals surface area (Å²) in [4.78, 5) is 43.5. The van der Waals surface area contributed by atoms with Crippen molar-refractivity contribution in [3.63, 3.8) is 0 Å². The highest BCUT2D eigenvalue weighted by molar-refractivity contribution is 6.04. The Hall–Kier alpha value is -2.92. The number of hydrogen-bond donors (Lipinski definition) is 0. The number of carbonyl (C=O) groups is 4. The van der Waals surface area contributed by atoms with E-state index in [0.717, 1.165) is 0 Å². The van der Waals surface area contributed by atoms with Crippen molar-refractivity contribution in [3.8, 4) is 0 Å². The minimum absolute atomic E-state index is 0.0491. The molecule has 0 amide bonds. The molecule has 0 saturated heterocycles. The van der Waals surface area contributed by atoms with Gasteiger partial charge in [-0.05, 0) is 0 Å². The van der Waals surface area contributed by atoms with Crippen molar-refractivity contribution < 1.29 is 55.0 Å². The number of rotatable bonds is 4. The van der Waals surface area contributed by atoms with Crippen LogP contribution in [-0.4, -0.2) is 36.2 Å². The van der Waals surface area contributed by atoms with Crippen molar-refractivity contribution in [2.45, 2.75) is 12.4 Å². The third kappa shape index (κ3) is 6.89. The minimum atomic E-state index is -5.16. The molecule has 0 aliphatic heterocycles. The van der Waals surface area contributed by atoms with Crippen LogP contribution in [0.2, 0.25) is 0 Å². The van der Waals surface area contributed by atoms with E-state index in [9.17, 15) is 45.5 Å². The lowest BCUT2D eigenvalue weighted by Gasteiger charge is -2.07. The van der Waals surface area contributed by atoms with Gasteiger partial charge in [0.25, 0.3) is 0 Å². The summed E-state index contributed by atoms with van der Waals surface area (Å²) >= 11 is 0. The maximum absolute atomic E-state index is 12.0. The molecule has 6 nitrogen and oxygen atoms in total. The fraction of sp³-hybridized carbons (Fsp3) is 0.167. The SMILES string of the molecule is C=C(C(=O)OC(=O)/C=C\C(=O)OC(=O)C(=C)C(F)(F)F)C(F)(F)F. The van der Waals surface area contributed by atoms with Gasteiger partial charge in [0.2, 0.25) is 0 Å². The smallest absolute Gasteiger partial charge is 0.386 e. The summed E-state index contributed by atoms with van der Waals surface area (Å²) in [6, 6.07) is 0. The van der Waals surface area contributed by atoms with Crippen molar-refractivity contribution >= 4 is 23.9 Å². The van der Waals surface area contributed by atoms with Crippen LogP contribution in [0.1, 0.15) is 0 Å². The van der Waals surface area contributed by atoms with Crippen molar-refractivity contribution in [2.24, 2.45) is 0 Å². The topological polar surface area (TPSA) is 86.7 Å². The Morgan fingerprint density at radius 3 is 1.12 bits per heavy atom. The van der Waals surface area contributed by atoms with Gasteiger partial charge in [0.05, 0.1) is 0 Å². The number of carbonyl (C=O) groups excluding carboxylic acids is 4. The van der Waals surface area contributed by atoms with Crippen LogP contribution >= 0.6 is 0 Å². The Bertz CT molecular complexity index is 571. The second-order valence-corrected chi connectivity index (χ2v) is 3.70. The van der Waals surface area contributed by atoms with Crippen molar-refractivity contribution in [2.75, 3.05) is 0 Å². The molecule has 0 unspecified atom stereocenters. The predicted octanol–water partition coefficient (Wildman–Crippen LogP) is 1.92. The van der Waals surface area contributed by atoms with Crippen LogP contribution in [0.25, 0.3) is 0 Å². The molecule has 0 saturated carbocycles. The lowest BCUT2D eigenvalue weighted by Crippen LogP contribution is -2.23. The highest BCUT2D eigenvalue weighted by Crippen LogP contribution is 2.25. The molecule has 0 heterocycles. The van der Waals surface area contributed by atoms with E-state index in [1.165, 1.54) is 0 Å². The number of esters is 4. The molecule has 0 aliphatic rings. The number of hydrogen-bond acceptors (Lipinski definition) is 6. The molecule has 0 aliphatic carbocycles. The van der Waals surface area contributed by atoms with E-state index >= 15 is 0 Å². The van der Waals surface area contributed by atoms with Crippen LogP contribution in [0, 0.1) is 0 Å². The normalized spacial score (nSPS) is 11.8. The second-order valence-electron chi connectivity index (χ2n) is 3.70. The third-order valence-electron chi connectivity index (χ3n) is 1.92. The van der Waals surface area contributed by atoms with E-state index in [1.54, 1.807) is 0 Å². The fourth-order valence-corrected chi connectivity index (χ4v) is 0.742. The molecule has 0 N–H and O–H groups in total. The molecule has 0 aromatic carbocycles. The Morgan fingerprint density at radius 2 is 0.917 bits per heavy atom. The summed E-state index contributed by atoms with van der Waals surface area (Å²) < 4.78 is 79.5. The molecule has 132 valence electrons. The summed E-state index contributed by atoms with van der Waals surface area (Å²) in [5.74, 6) is -7.90. The first-order valence-corrected chi connectivity index (χ1v) is 5.38. The Balaban J connectivity index is 4.64. The van der Waals surface area contributed by atoms with Gasteiger partial charge >= 0.3 is 36.2 Å². The monoisotopic (exact) mass is 360 g/mol. The summed E-state index contributed by atoms with van der Waals surface area (Å²) in [5, 5.41) is 0. The van der Waals surface area contributed by atoms with E-state index in [1.807, 2.05) is 0 Å². The molecule has 12 heteroatoms. The van der Waals surface area contributed by atoms with Crippen LogP contribution < -0.4 is 0 Å². The van der Waals surface area contributed by atoms with Crippen molar-refractivity contribution in [1.29, 1.82) is 0 Å². The van der Waals surface area contributed by atoms with E-state index < -0.39 is 47.4 Å². The highest BCUT2D eigenvalue weighted by Gasteiger charge is 2.39. The van der Waals surface area contributed by atoms with Gasteiger partial charge in [-0.15, -0.1) is 0 Å². The summed E-state index contributed by atoms with van der Waals surface area (Å²) in [6.45, 7) is 4.66. The molecule has 0 fully saturated rings. The molecule has 0 spiro atoms. The van der Waals surface area contributed by atoms with Crippen LogP contribution in [0.3, 0.4) is 0 Å². The summed E-state index contributed by atoms with van der Waals surface area (Å²) in [7, 11) is 0. The lowest BCUT2D eigenvalue weighted by molar-refractivity contribution is -0.162. The average Bonchev–Trinajstić information content (AvgIpc) is 2.41. The number of alkyl halides is 6. The van der Waals surface area contributed by atoms with Gasteiger partial charge in [0.1, 0.15) is 11.1 Å². The Labute approximate surface area is 129 Å². The summed E-state index contributed by atoms with van der Waals surface area (Å²) in [5.41, 5.74) is -4.02. The second kappa shape index (κ2) is 7.57. The lowest BCUT2D eigenvalue weighted by atomic mass is 10.3. The largest absolute Gasteiger partial charge is 0.422 e. The fourth-order valence-electron chi connectivity index (χ4n) is 0.742. The van der Waals surface area contributed by atoms with Crippen LogP contribution in [0.5, 0.6) is 0 Å². The zero-order valence-corrected chi connectivity index (χ0v) is 11.3. The van der Waals surface area contributed by atoms with Gasteiger partial charge < -0.3 is 9.47 Å². The maximum Gasteiger partial charge on any atom is 0.422 e. The molecule has 0 aromatic rings. The minimum Gasteiger partial charge on any atom is -0.386 e. The summed E-state index contributed by atoms with van der Waals surface area (Å²) in [6.07, 6.45) is -10.2. The zero-order valence-electron chi connectivity index (χ0n) is 11.3. The quantitative estimate of drug-likeness (QED) is 0.330. The van der Waals surface area contributed by atoms with Crippen LogP contribution in [0.15, 0.2) is 36.5 Å². The molecule has 0 radical (unpaired) electrons. The molecule has 24 heavy (non-hydrogen) atoms. The first-order valence-electron chi connectivity index (χ1n) is 5.38. The van der Waals surface area contributed by atoms with Crippen LogP contribution in [0.4, 0.5) is 26.3 Å². The molecule has 0 bridgehead atoms. The molecule has 0 atom stereocenters. The van der Waals surface area contributed by atoms with E-state index in [-0.39, 0.29) is 12.2 Å². The van der Waals surface area contributed by atoms with Crippen LogP contribution in [-0.2, 0) is 28.7 Å². The molecule has 0 rings (SSSR count). The van der Waals surface area contributed by atoms with Gasteiger partial charge in [-0.1, -0.05) is 13.2 Å². The third-order valence-corrected chi connectivity index (χ3v) is 1.92. The van der Waals surface area contributed by atoms with E-state index in [0.29, 0.717) is 0 Å². The predicted molar refractivity (Wildman–Crippen MR) is 61.7 cm³/mol. The van der Waals surface area contributed by atoms with E-state index in [4.69, 9.17) is 0 Å². The molecule has 0 aromatic heterocycles. The van der Waals surface area contributed by atoms with E-state index in [2.05, 4.69) is 22.6 Å². The zero-order chi connectivity index (χ0) is 19.3. The standard InChI is InChI=1S/C12H6F6O6/c1-5(11(13,14)15)9(21)23-7(19)3-4-8(20)24-10(22)6(2)12(16,17)18/h3-4H,1-2H2/b4-3-. The van der Waals surface area contributed by atoms with Gasteiger partial charge in [-0.25, -0.2) is 19.2 Å². The molecular weight excluding hydrogens is 354 g/mol. The Kier molecular flexibility index (Phi) is 6.65. The number of ether oxygens (including phenoxy) is 2. The molecular formula is C12H6F6O6. The highest BCUT2D eigenvalue weighted by atomic mass is 19.4. The van der Waals surface area contributed by atoms with Crippen molar-refractivity contribution in [3.05, 3.63) is 36.5 Å². The Morgan fingerprint density at radius 1 is 0.667 bits per heavy atom. The van der Waals surface area contributed by atoms with Gasteiger partial charge in [0.15, 0.2) is 0 Å².